The molecule has 7 heteroatoms. The van der Waals surface area contributed by atoms with E-state index in [0.29, 0.717) is 13.2 Å². The molecule has 3 amide bonds. The summed E-state index contributed by atoms with van der Waals surface area (Å²) in [6, 6.07) is -1.15. The minimum Gasteiger partial charge on any atom is -0.383 e. The zero-order chi connectivity index (χ0) is 12.8. The van der Waals surface area contributed by atoms with E-state index in [-0.39, 0.29) is 24.1 Å². The number of carbonyl (C=O) groups is 3. The standard InChI is InChI=1S/C10H17N3O4/c1-6(9(15)11-3-4-17-2)12-7-5-8(14)13-10(7)16/h6-7,12H,3-5H2,1-2H3,(H,11,15)(H,13,14,16). The smallest absolute Gasteiger partial charge is 0.244 e. The quantitative estimate of drug-likeness (QED) is 0.375. The third-order valence-corrected chi connectivity index (χ3v) is 2.42. The van der Waals surface area contributed by atoms with Crippen LogP contribution in [0.15, 0.2) is 0 Å². The maximum absolute atomic E-state index is 11.5. The normalized spacial score (nSPS) is 21.2. The first-order valence-corrected chi connectivity index (χ1v) is 5.41. The minimum atomic E-state index is -0.620. The van der Waals surface area contributed by atoms with E-state index in [4.69, 9.17) is 4.74 Å². The Balaban J connectivity index is 2.33. The molecule has 1 aliphatic rings. The van der Waals surface area contributed by atoms with Gasteiger partial charge in [-0.25, -0.2) is 0 Å². The Bertz CT molecular complexity index is 319. The first-order chi connectivity index (χ1) is 8.04. The maximum atomic E-state index is 11.5. The molecular weight excluding hydrogens is 226 g/mol. The molecule has 1 rings (SSSR count). The molecule has 1 heterocycles. The molecule has 0 spiro atoms. The summed E-state index contributed by atoms with van der Waals surface area (Å²) in [5.41, 5.74) is 0. The van der Waals surface area contributed by atoms with Crippen LogP contribution in [0, 0.1) is 0 Å². The van der Waals surface area contributed by atoms with Crippen molar-refractivity contribution in [2.75, 3.05) is 20.3 Å². The van der Waals surface area contributed by atoms with Crippen LogP contribution in [0.5, 0.6) is 0 Å². The van der Waals surface area contributed by atoms with Crippen molar-refractivity contribution >= 4 is 17.7 Å². The summed E-state index contributed by atoms with van der Waals surface area (Å²) in [7, 11) is 1.54. The van der Waals surface area contributed by atoms with Gasteiger partial charge in [0.1, 0.15) is 0 Å². The number of hydrogen-bond donors (Lipinski definition) is 3. The van der Waals surface area contributed by atoms with Gasteiger partial charge >= 0.3 is 0 Å². The van der Waals surface area contributed by atoms with Crippen molar-refractivity contribution in [1.29, 1.82) is 0 Å². The molecule has 0 aliphatic carbocycles. The Labute approximate surface area is 99.3 Å². The largest absolute Gasteiger partial charge is 0.383 e. The lowest BCUT2D eigenvalue weighted by atomic mass is 10.2. The van der Waals surface area contributed by atoms with Gasteiger partial charge in [-0.3, -0.25) is 25.0 Å². The monoisotopic (exact) mass is 243 g/mol. The van der Waals surface area contributed by atoms with Gasteiger partial charge in [-0.05, 0) is 6.92 Å². The van der Waals surface area contributed by atoms with Gasteiger partial charge in [-0.1, -0.05) is 0 Å². The summed E-state index contributed by atoms with van der Waals surface area (Å²) < 4.78 is 4.79. The first kappa shape index (κ1) is 13.6. The second kappa shape index (κ2) is 6.31. The number of methoxy groups -OCH3 is 1. The molecule has 2 unspecified atom stereocenters. The Morgan fingerprint density at radius 2 is 2.29 bits per heavy atom. The molecule has 0 aromatic rings. The van der Waals surface area contributed by atoms with Crippen molar-refractivity contribution in [2.45, 2.75) is 25.4 Å². The molecule has 0 radical (unpaired) electrons. The van der Waals surface area contributed by atoms with Gasteiger partial charge in [0.05, 0.1) is 25.1 Å². The summed E-state index contributed by atoms with van der Waals surface area (Å²) in [6.07, 6.45) is 0.0779. The van der Waals surface area contributed by atoms with Crippen molar-refractivity contribution in [3.05, 3.63) is 0 Å². The number of ether oxygens (including phenoxy) is 1. The van der Waals surface area contributed by atoms with Crippen LogP contribution in [0.25, 0.3) is 0 Å². The highest BCUT2D eigenvalue weighted by atomic mass is 16.5. The number of imide groups is 1. The van der Waals surface area contributed by atoms with E-state index in [2.05, 4.69) is 16.0 Å². The summed E-state index contributed by atoms with van der Waals surface area (Å²) >= 11 is 0. The van der Waals surface area contributed by atoms with Crippen LogP contribution in [0.4, 0.5) is 0 Å². The zero-order valence-corrected chi connectivity index (χ0v) is 9.91. The highest BCUT2D eigenvalue weighted by Crippen LogP contribution is 2.02. The van der Waals surface area contributed by atoms with Crippen molar-refractivity contribution in [3.63, 3.8) is 0 Å². The van der Waals surface area contributed by atoms with Crippen LogP contribution < -0.4 is 16.0 Å². The first-order valence-electron chi connectivity index (χ1n) is 5.41. The lowest BCUT2D eigenvalue weighted by molar-refractivity contribution is -0.125. The highest BCUT2D eigenvalue weighted by molar-refractivity contribution is 6.05. The summed E-state index contributed by atoms with van der Waals surface area (Å²) in [5.74, 6) is -0.930. The minimum absolute atomic E-state index is 0.0779. The van der Waals surface area contributed by atoms with Gasteiger partial charge in [-0.2, -0.15) is 0 Å². The Morgan fingerprint density at radius 3 is 2.82 bits per heavy atom. The SMILES string of the molecule is COCCNC(=O)C(C)NC1CC(=O)NC1=O. The fraction of sp³-hybridized carbons (Fsp3) is 0.700. The van der Waals surface area contributed by atoms with Crippen LogP contribution in [0.1, 0.15) is 13.3 Å². The number of nitrogens with one attached hydrogen (secondary N) is 3. The summed E-state index contributed by atoms with van der Waals surface area (Å²) in [6.45, 7) is 2.48. The molecular formula is C10H17N3O4. The van der Waals surface area contributed by atoms with Gasteiger partial charge < -0.3 is 10.1 Å². The molecule has 1 aliphatic heterocycles. The zero-order valence-electron chi connectivity index (χ0n) is 9.91. The predicted molar refractivity (Wildman–Crippen MR) is 59.0 cm³/mol. The van der Waals surface area contributed by atoms with Gasteiger partial charge in [0, 0.05) is 13.7 Å². The second-order valence-corrected chi connectivity index (χ2v) is 3.84. The van der Waals surface area contributed by atoms with Crippen LogP contribution in [0.2, 0.25) is 0 Å². The topological polar surface area (TPSA) is 96.5 Å². The van der Waals surface area contributed by atoms with E-state index in [9.17, 15) is 14.4 Å². The van der Waals surface area contributed by atoms with Crippen LogP contribution >= 0.6 is 0 Å². The van der Waals surface area contributed by atoms with Crippen molar-refractivity contribution in [2.24, 2.45) is 0 Å². The average molecular weight is 243 g/mol. The predicted octanol–water partition coefficient (Wildman–Crippen LogP) is -1.86. The van der Waals surface area contributed by atoms with Crippen LogP contribution in [-0.4, -0.2) is 50.1 Å². The molecule has 0 aromatic heterocycles. The van der Waals surface area contributed by atoms with Crippen molar-refractivity contribution in [1.82, 2.24) is 16.0 Å². The van der Waals surface area contributed by atoms with Gasteiger partial charge in [0.15, 0.2) is 0 Å². The number of rotatable bonds is 6. The molecule has 1 saturated heterocycles. The lowest BCUT2D eigenvalue weighted by Gasteiger charge is -2.16. The number of hydrogen-bond acceptors (Lipinski definition) is 5. The van der Waals surface area contributed by atoms with Gasteiger partial charge in [0.25, 0.3) is 0 Å². The van der Waals surface area contributed by atoms with E-state index in [1.807, 2.05) is 0 Å². The van der Waals surface area contributed by atoms with Gasteiger partial charge in [0.2, 0.25) is 17.7 Å². The fourth-order valence-electron chi connectivity index (χ4n) is 1.50. The molecule has 96 valence electrons. The van der Waals surface area contributed by atoms with E-state index < -0.39 is 12.1 Å². The molecule has 1 fully saturated rings. The van der Waals surface area contributed by atoms with E-state index in [0.717, 1.165) is 0 Å². The summed E-state index contributed by atoms with van der Waals surface area (Å²) in [5, 5.41) is 7.61. The Hall–Kier alpha value is -1.47. The van der Waals surface area contributed by atoms with E-state index in [1.165, 1.54) is 0 Å². The highest BCUT2D eigenvalue weighted by Gasteiger charge is 2.32. The summed E-state index contributed by atoms with van der Waals surface area (Å²) in [4.78, 5) is 33.7. The van der Waals surface area contributed by atoms with Crippen LogP contribution in [-0.2, 0) is 19.1 Å². The van der Waals surface area contributed by atoms with E-state index in [1.54, 1.807) is 14.0 Å². The third-order valence-electron chi connectivity index (χ3n) is 2.42. The molecule has 7 nitrogen and oxygen atoms in total. The Morgan fingerprint density at radius 1 is 1.59 bits per heavy atom. The number of amides is 3. The van der Waals surface area contributed by atoms with E-state index >= 15 is 0 Å². The molecule has 0 bridgehead atoms. The maximum Gasteiger partial charge on any atom is 0.244 e. The Kier molecular flexibility index (Phi) is 5.05. The van der Waals surface area contributed by atoms with Crippen molar-refractivity contribution < 1.29 is 19.1 Å². The lowest BCUT2D eigenvalue weighted by Crippen LogP contribution is -2.49. The van der Waals surface area contributed by atoms with Crippen molar-refractivity contribution in [3.8, 4) is 0 Å². The fourth-order valence-corrected chi connectivity index (χ4v) is 1.50. The molecule has 0 saturated carbocycles. The molecule has 0 aromatic carbocycles. The number of carbonyl (C=O) groups excluding carboxylic acids is 3. The van der Waals surface area contributed by atoms with Gasteiger partial charge in [-0.15, -0.1) is 0 Å². The molecule has 17 heavy (non-hydrogen) atoms. The average Bonchev–Trinajstić information content (AvgIpc) is 2.57. The van der Waals surface area contributed by atoms with Crippen LogP contribution in [0.3, 0.4) is 0 Å². The molecule has 3 N–H and O–H groups in total. The third kappa shape index (κ3) is 4.12. The second-order valence-electron chi connectivity index (χ2n) is 3.84. The molecule has 2 atom stereocenters.